The number of rotatable bonds is 20. The van der Waals surface area contributed by atoms with Gasteiger partial charge < -0.3 is 31.1 Å². The van der Waals surface area contributed by atoms with E-state index < -0.39 is 47.9 Å². The first-order valence-corrected chi connectivity index (χ1v) is 19.4. The first-order chi connectivity index (χ1) is 26.2. The van der Waals surface area contributed by atoms with E-state index in [1.165, 1.54) is 9.80 Å². The fourth-order valence-corrected chi connectivity index (χ4v) is 6.69. The second-order valence-electron chi connectivity index (χ2n) is 15.3. The monoisotopic (exact) mass is 754 g/mol. The zero-order valence-corrected chi connectivity index (χ0v) is 34.0. The molecule has 55 heavy (non-hydrogen) atoms. The van der Waals surface area contributed by atoms with Crippen molar-refractivity contribution in [3.05, 3.63) is 108 Å². The molecule has 3 aromatic rings. The van der Waals surface area contributed by atoms with Crippen molar-refractivity contribution in [2.45, 2.75) is 91.0 Å². The molecule has 0 aliphatic carbocycles. The number of amides is 5. The molecule has 0 fully saturated rings. The van der Waals surface area contributed by atoms with E-state index >= 15 is 0 Å². The quantitative estimate of drug-likeness (QED) is 0.138. The lowest BCUT2D eigenvalue weighted by atomic mass is 9.95. The van der Waals surface area contributed by atoms with Crippen molar-refractivity contribution in [1.29, 1.82) is 0 Å². The zero-order valence-electron chi connectivity index (χ0n) is 34.0. The summed E-state index contributed by atoms with van der Waals surface area (Å²) in [4.78, 5) is 72.6. The number of benzene rings is 3. The van der Waals surface area contributed by atoms with Gasteiger partial charge in [0.05, 0.1) is 6.04 Å². The molecule has 0 saturated heterocycles. The molecule has 0 unspecified atom stereocenters. The molecule has 0 saturated carbocycles. The van der Waals surface area contributed by atoms with Gasteiger partial charge in [-0.3, -0.25) is 24.0 Å². The topological polar surface area (TPSA) is 140 Å². The van der Waals surface area contributed by atoms with Crippen molar-refractivity contribution in [1.82, 2.24) is 31.1 Å². The molecule has 0 heterocycles. The van der Waals surface area contributed by atoms with Crippen molar-refractivity contribution in [2.75, 3.05) is 27.7 Å². The van der Waals surface area contributed by atoms with Crippen molar-refractivity contribution in [2.24, 2.45) is 17.8 Å². The maximum Gasteiger partial charge on any atom is 0.245 e. The van der Waals surface area contributed by atoms with Crippen molar-refractivity contribution in [3.8, 4) is 0 Å². The summed E-state index contributed by atoms with van der Waals surface area (Å²) in [6.07, 6.45) is 1.36. The Kier molecular flexibility index (Phi) is 17.5. The lowest BCUT2D eigenvalue weighted by Crippen LogP contribution is -2.62. The molecular weight excluding hydrogens is 693 g/mol. The highest BCUT2D eigenvalue weighted by atomic mass is 16.2. The van der Waals surface area contributed by atoms with Crippen LogP contribution in [-0.2, 0) is 43.2 Å². The molecule has 298 valence electrons. The van der Waals surface area contributed by atoms with Crippen LogP contribution in [0.4, 0.5) is 0 Å². The first-order valence-electron chi connectivity index (χ1n) is 19.4. The van der Waals surface area contributed by atoms with E-state index in [0.29, 0.717) is 19.4 Å². The van der Waals surface area contributed by atoms with Crippen molar-refractivity contribution in [3.63, 3.8) is 0 Å². The first kappa shape index (κ1) is 44.4. The van der Waals surface area contributed by atoms with E-state index in [2.05, 4.69) is 21.3 Å². The molecular formula is C44H62N6O5. The summed E-state index contributed by atoms with van der Waals surface area (Å²) in [6.45, 7) is 11.4. The predicted molar refractivity (Wildman–Crippen MR) is 218 cm³/mol. The highest BCUT2D eigenvalue weighted by Gasteiger charge is 2.39. The Morgan fingerprint density at radius 3 is 1.44 bits per heavy atom. The van der Waals surface area contributed by atoms with Gasteiger partial charge in [0.25, 0.3) is 0 Å². The molecule has 5 amide bonds. The van der Waals surface area contributed by atoms with Gasteiger partial charge in [-0.2, -0.15) is 0 Å². The number of carbonyl (C=O) groups is 5. The van der Waals surface area contributed by atoms with Crippen molar-refractivity contribution < 1.29 is 24.0 Å². The van der Waals surface area contributed by atoms with Gasteiger partial charge in [0, 0.05) is 27.1 Å². The third-order valence-electron chi connectivity index (χ3n) is 10.0. The second-order valence-corrected chi connectivity index (χ2v) is 15.3. The van der Waals surface area contributed by atoms with Gasteiger partial charge in [0.15, 0.2) is 0 Å². The van der Waals surface area contributed by atoms with Gasteiger partial charge in [-0.15, -0.1) is 0 Å². The number of nitrogens with zero attached hydrogens (tertiary/aromatic N) is 2. The van der Waals surface area contributed by atoms with Crippen LogP contribution in [0.1, 0.15) is 58.2 Å². The number of nitrogens with one attached hydrogen (secondary N) is 4. The highest BCUT2D eigenvalue weighted by Crippen LogP contribution is 2.18. The van der Waals surface area contributed by atoms with Gasteiger partial charge in [-0.25, -0.2) is 0 Å². The second kappa shape index (κ2) is 21.8. The molecule has 0 bridgehead atoms. The zero-order chi connectivity index (χ0) is 40.7. The Hall–Kier alpha value is -5.03. The Balaban J connectivity index is 1.78. The Bertz CT molecular complexity index is 1670. The predicted octanol–water partition coefficient (Wildman–Crippen LogP) is 4.01. The van der Waals surface area contributed by atoms with E-state index in [1.54, 1.807) is 21.1 Å². The molecule has 0 spiro atoms. The van der Waals surface area contributed by atoms with Crippen LogP contribution in [0.15, 0.2) is 91.0 Å². The van der Waals surface area contributed by atoms with E-state index in [9.17, 15) is 24.0 Å². The average molecular weight is 755 g/mol. The summed E-state index contributed by atoms with van der Waals surface area (Å²) >= 11 is 0. The fraction of sp³-hybridized carbons (Fsp3) is 0.477. The van der Waals surface area contributed by atoms with E-state index in [1.807, 2.05) is 133 Å². The number of hydrogen-bond donors (Lipinski definition) is 4. The minimum Gasteiger partial charge on any atom is -0.354 e. The molecule has 3 aromatic carbocycles. The van der Waals surface area contributed by atoms with Crippen LogP contribution in [-0.4, -0.2) is 97.2 Å². The van der Waals surface area contributed by atoms with Gasteiger partial charge in [-0.05, 0) is 54.3 Å². The summed E-state index contributed by atoms with van der Waals surface area (Å²) in [5.41, 5.74) is 2.96. The summed E-state index contributed by atoms with van der Waals surface area (Å²) in [5, 5.41) is 12.0. The largest absolute Gasteiger partial charge is 0.354 e. The molecule has 11 nitrogen and oxygen atoms in total. The highest BCUT2D eigenvalue weighted by molar-refractivity contribution is 5.96. The van der Waals surface area contributed by atoms with Crippen LogP contribution in [0.25, 0.3) is 0 Å². The van der Waals surface area contributed by atoms with E-state index in [4.69, 9.17) is 0 Å². The normalized spacial score (nSPS) is 14.0. The number of carbonyl (C=O) groups excluding carboxylic acids is 5. The number of likely N-dealkylation sites (N-methyl/N-ethyl adjacent to an activating group) is 3. The lowest BCUT2D eigenvalue weighted by Gasteiger charge is -2.37. The van der Waals surface area contributed by atoms with Crippen LogP contribution in [0.3, 0.4) is 0 Å². The van der Waals surface area contributed by atoms with Crippen molar-refractivity contribution >= 4 is 29.5 Å². The molecule has 0 aliphatic heterocycles. The maximum atomic E-state index is 14.3. The van der Waals surface area contributed by atoms with Crippen LogP contribution >= 0.6 is 0 Å². The van der Waals surface area contributed by atoms with Gasteiger partial charge in [0.1, 0.15) is 24.2 Å². The molecule has 3 rings (SSSR count). The van der Waals surface area contributed by atoms with Crippen LogP contribution in [0, 0.1) is 17.8 Å². The van der Waals surface area contributed by atoms with Crippen LogP contribution < -0.4 is 21.3 Å². The lowest BCUT2D eigenvalue weighted by molar-refractivity contribution is -0.147. The molecule has 11 heteroatoms. The van der Waals surface area contributed by atoms with Gasteiger partial charge in [0.2, 0.25) is 29.5 Å². The standard InChI is InChI=1S/C44H62N6O5/c1-29(2)37(43(54)49(8)36(28-34-23-17-12-18-24-34)41(52)46-26-25-32-19-13-10-14-20-32)48-42(53)39(31(5)6)50(9)44(55)38(30(3)4)47-40(51)35(45-7)27-33-21-15-11-16-22-33/h10-24,29-31,35-39,45H,25-28H2,1-9H3,(H,46,52)(H,47,51)(H,48,53)/t35-,36-,37-,38-,39-/m0/s1. The maximum absolute atomic E-state index is 14.3. The van der Waals surface area contributed by atoms with E-state index in [0.717, 1.165) is 16.7 Å². The third-order valence-corrected chi connectivity index (χ3v) is 10.0. The summed E-state index contributed by atoms with van der Waals surface area (Å²) in [5.74, 6) is -2.87. The van der Waals surface area contributed by atoms with Gasteiger partial charge in [-0.1, -0.05) is 133 Å². The molecule has 4 N–H and O–H groups in total. The number of hydrogen-bond acceptors (Lipinski definition) is 6. The summed E-state index contributed by atoms with van der Waals surface area (Å²) < 4.78 is 0. The minimum absolute atomic E-state index is 0.275. The molecule has 5 atom stereocenters. The SMILES string of the molecule is CN[C@@H](Cc1ccccc1)C(=O)N[C@H](C(=O)N(C)[C@H](C(=O)N[C@H](C(=O)N(C)[C@@H](Cc1ccccc1)C(=O)NCCc1ccccc1)C(C)C)C(C)C)C(C)C. The molecule has 0 aliphatic rings. The smallest absolute Gasteiger partial charge is 0.245 e. The van der Waals surface area contributed by atoms with Crippen LogP contribution in [0.2, 0.25) is 0 Å². The summed E-state index contributed by atoms with van der Waals surface area (Å²) in [7, 11) is 4.86. The van der Waals surface area contributed by atoms with Crippen LogP contribution in [0.5, 0.6) is 0 Å². The third kappa shape index (κ3) is 13.1. The Labute approximate surface area is 328 Å². The summed E-state index contributed by atoms with van der Waals surface area (Å²) in [6, 6.07) is 24.7. The molecule has 0 radical (unpaired) electrons. The Morgan fingerprint density at radius 2 is 0.982 bits per heavy atom. The van der Waals surface area contributed by atoms with Gasteiger partial charge >= 0.3 is 0 Å². The Morgan fingerprint density at radius 1 is 0.545 bits per heavy atom. The molecule has 0 aromatic heterocycles. The average Bonchev–Trinajstić information content (AvgIpc) is 3.17. The fourth-order valence-electron chi connectivity index (χ4n) is 6.69. The minimum atomic E-state index is -0.979. The van der Waals surface area contributed by atoms with E-state index in [-0.39, 0.29) is 36.0 Å².